The predicted octanol–water partition coefficient (Wildman–Crippen LogP) is 4.18. The molecule has 4 rings (SSSR count). The minimum Gasteiger partial charge on any atom is -0.325 e. The highest BCUT2D eigenvalue weighted by molar-refractivity contribution is 7.99. The number of thioether (sulfide) groups is 1. The van der Waals surface area contributed by atoms with Crippen LogP contribution in [0.3, 0.4) is 0 Å². The number of hydrogen-bond acceptors (Lipinski definition) is 5. The van der Waals surface area contributed by atoms with Crippen LogP contribution in [-0.2, 0) is 24.2 Å². The molecule has 2 N–H and O–H groups in total. The van der Waals surface area contributed by atoms with Crippen molar-refractivity contribution in [1.29, 1.82) is 0 Å². The van der Waals surface area contributed by atoms with Gasteiger partial charge in [0.1, 0.15) is 0 Å². The van der Waals surface area contributed by atoms with Gasteiger partial charge in [-0.25, -0.2) is 4.98 Å². The smallest absolute Gasteiger partial charge is 0.256 e. The summed E-state index contributed by atoms with van der Waals surface area (Å²) in [7, 11) is 0. The van der Waals surface area contributed by atoms with Gasteiger partial charge >= 0.3 is 0 Å². The molecule has 1 atom stereocenters. The number of amides is 1. The highest BCUT2D eigenvalue weighted by Gasteiger charge is 2.25. The van der Waals surface area contributed by atoms with E-state index in [1.165, 1.54) is 22.9 Å². The first-order valence-electron chi connectivity index (χ1n) is 11.0. The molecule has 3 aromatic rings. The zero-order valence-electron chi connectivity index (χ0n) is 18.4. The van der Waals surface area contributed by atoms with E-state index in [-0.39, 0.29) is 23.3 Å². The Kier molecular flexibility index (Phi) is 7.07. The van der Waals surface area contributed by atoms with Crippen LogP contribution in [-0.4, -0.2) is 33.1 Å². The Balaban J connectivity index is 1.37. The van der Waals surface area contributed by atoms with Crippen molar-refractivity contribution in [1.82, 2.24) is 14.9 Å². The van der Waals surface area contributed by atoms with Gasteiger partial charge in [0.15, 0.2) is 5.16 Å². The zero-order chi connectivity index (χ0) is 22.5. The summed E-state index contributed by atoms with van der Waals surface area (Å²) in [6.07, 6.45) is 1.68. The van der Waals surface area contributed by atoms with Gasteiger partial charge in [0.2, 0.25) is 5.91 Å². The molecule has 0 saturated carbocycles. The Morgan fingerprint density at radius 2 is 1.94 bits per heavy atom. The lowest BCUT2D eigenvalue weighted by molar-refractivity contribution is -0.113. The summed E-state index contributed by atoms with van der Waals surface area (Å²) in [6, 6.07) is 18.4. The van der Waals surface area contributed by atoms with Crippen molar-refractivity contribution in [3.8, 4) is 0 Å². The van der Waals surface area contributed by atoms with Crippen molar-refractivity contribution in [2.75, 3.05) is 17.6 Å². The Hall–Kier alpha value is -2.90. The first-order chi connectivity index (χ1) is 15.5. The molecule has 0 saturated heterocycles. The molecule has 0 bridgehead atoms. The van der Waals surface area contributed by atoms with Crippen molar-refractivity contribution in [2.24, 2.45) is 0 Å². The van der Waals surface area contributed by atoms with E-state index in [2.05, 4.69) is 46.2 Å². The topological polar surface area (TPSA) is 78.1 Å². The minimum atomic E-state index is -0.123. The fourth-order valence-corrected chi connectivity index (χ4v) is 4.60. The van der Waals surface area contributed by atoms with Crippen LogP contribution in [0.4, 0.5) is 5.69 Å². The van der Waals surface area contributed by atoms with E-state index >= 15 is 0 Å². The van der Waals surface area contributed by atoms with Gasteiger partial charge in [0, 0.05) is 31.2 Å². The van der Waals surface area contributed by atoms with Crippen LogP contribution < -0.4 is 10.9 Å². The first kappa shape index (κ1) is 22.3. The molecule has 2 aromatic carbocycles. The van der Waals surface area contributed by atoms with Crippen molar-refractivity contribution >= 4 is 23.4 Å². The highest BCUT2D eigenvalue weighted by Crippen LogP contribution is 2.26. The lowest BCUT2D eigenvalue weighted by Crippen LogP contribution is -2.37. The Bertz CT molecular complexity index is 1130. The number of rotatable bonds is 7. The first-order valence-corrected chi connectivity index (χ1v) is 11.9. The standard InChI is InChI=1S/C25H28N4O2S/c1-3-18-9-11-20(12-10-18)26-23(30)16-32-25-27-22-13-14-29(15-21(22)24(31)28-25)17(2)19-7-5-4-6-8-19/h4-12,17H,3,13-16H2,1-2H3,(H,26,30)(H,27,28,31)/t17-/m0/s1. The summed E-state index contributed by atoms with van der Waals surface area (Å²) in [5, 5.41) is 3.38. The number of carbonyl (C=O) groups is 1. The molecule has 0 fully saturated rings. The van der Waals surface area contributed by atoms with Crippen LogP contribution in [0.1, 0.15) is 42.3 Å². The number of hydrogen-bond donors (Lipinski definition) is 2. The molecule has 6 nitrogen and oxygen atoms in total. The van der Waals surface area contributed by atoms with E-state index in [1.54, 1.807) is 0 Å². The second-order valence-corrected chi connectivity index (χ2v) is 8.95. The van der Waals surface area contributed by atoms with E-state index in [9.17, 15) is 9.59 Å². The van der Waals surface area contributed by atoms with Gasteiger partial charge in [-0.15, -0.1) is 0 Å². The monoisotopic (exact) mass is 448 g/mol. The number of H-pyrrole nitrogens is 1. The molecule has 0 unspecified atom stereocenters. The highest BCUT2D eigenvalue weighted by atomic mass is 32.2. The van der Waals surface area contributed by atoms with E-state index < -0.39 is 0 Å². The molecule has 32 heavy (non-hydrogen) atoms. The largest absolute Gasteiger partial charge is 0.325 e. The predicted molar refractivity (Wildman–Crippen MR) is 129 cm³/mol. The normalized spacial score (nSPS) is 14.6. The molecule has 1 aromatic heterocycles. The maximum atomic E-state index is 12.7. The van der Waals surface area contributed by atoms with Gasteiger partial charge < -0.3 is 10.3 Å². The average molecular weight is 449 g/mol. The van der Waals surface area contributed by atoms with Crippen LogP contribution in [0.15, 0.2) is 64.5 Å². The number of fused-ring (bicyclic) bond motifs is 1. The summed E-state index contributed by atoms with van der Waals surface area (Å²) in [4.78, 5) is 34.9. The Labute approximate surface area is 192 Å². The molecule has 166 valence electrons. The molecule has 0 aliphatic carbocycles. The Morgan fingerprint density at radius 3 is 2.66 bits per heavy atom. The number of nitrogens with zero attached hydrogens (tertiary/aromatic N) is 2. The van der Waals surface area contributed by atoms with Crippen LogP contribution >= 0.6 is 11.8 Å². The van der Waals surface area contributed by atoms with Gasteiger partial charge in [0.25, 0.3) is 5.56 Å². The van der Waals surface area contributed by atoms with E-state index in [4.69, 9.17) is 0 Å². The summed E-state index contributed by atoms with van der Waals surface area (Å²) < 4.78 is 0. The summed E-state index contributed by atoms with van der Waals surface area (Å²) in [6.45, 7) is 5.68. The van der Waals surface area contributed by atoms with Crippen molar-refractivity contribution < 1.29 is 4.79 Å². The van der Waals surface area contributed by atoms with E-state index in [0.717, 1.165) is 36.3 Å². The molecule has 7 heteroatoms. The average Bonchev–Trinajstić information content (AvgIpc) is 2.83. The molecule has 2 heterocycles. The second kappa shape index (κ2) is 10.1. The van der Waals surface area contributed by atoms with Gasteiger partial charge in [-0.1, -0.05) is 61.2 Å². The van der Waals surface area contributed by atoms with Gasteiger partial charge in [-0.05, 0) is 36.6 Å². The third kappa shape index (κ3) is 5.29. The lowest BCUT2D eigenvalue weighted by atomic mass is 10.0. The lowest BCUT2D eigenvalue weighted by Gasteiger charge is -2.33. The number of nitrogens with one attached hydrogen (secondary N) is 2. The van der Waals surface area contributed by atoms with Crippen LogP contribution in [0.5, 0.6) is 0 Å². The molecule has 0 radical (unpaired) electrons. The molecule has 1 aliphatic rings. The number of anilines is 1. The summed E-state index contributed by atoms with van der Waals surface area (Å²) in [5.74, 6) is 0.0662. The van der Waals surface area contributed by atoms with Crippen LogP contribution in [0.25, 0.3) is 0 Å². The van der Waals surface area contributed by atoms with Gasteiger partial charge in [0.05, 0.1) is 17.0 Å². The maximum absolute atomic E-state index is 12.7. The number of aromatic nitrogens is 2. The molecular weight excluding hydrogens is 420 g/mol. The van der Waals surface area contributed by atoms with Gasteiger partial charge in [-0.3, -0.25) is 14.5 Å². The van der Waals surface area contributed by atoms with E-state index in [0.29, 0.717) is 11.7 Å². The minimum absolute atomic E-state index is 0.113. The summed E-state index contributed by atoms with van der Waals surface area (Å²) >= 11 is 1.25. The number of benzene rings is 2. The van der Waals surface area contributed by atoms with Crippen molar-refractivity contribution in [3.63, 3.8) is 0 Å². The maximum Gasteiger partial charge on any atom is 0.256 e. The van der Waals surface area contributed by atoms with Crippen LogP contribution in [0.2, 0.25) is 0 Å². The van der Waals surface area contributed by atoms with Crippen molar-refractivity contribution in [3.05, 3.63) is 87.3 Å². The third-order valence-electron chi connectivity index (χ3n) is 5.89. The van der Waals surface area contributed by atoms with E-state index in [1.807, 2.05) is 42.5 Å². The van der Waals surface area contributed by atoms with Crippen molar-refractivity contribution in [2.45, 2.75) is 44.4 Å². The zero-order valence-corrected chi connectivity index (χ0v) is 19.2. The fraction of sp³-hybridized carbons (Fsp3) is 0.320. The third-order valence-corrected chi connectivity index (χ3v) is 6.77. The fourth-order valence-electron chi connectivity index (χ4n) is 3.92. The number of carbonyl (C=O) groups excluding carboxylic acids is 1. The molecule has 1 amide bonds. The SMILES string of the molecule is CCc1ccc(NC(=O)CSc2nc3c(c(=O)[nH]2)CN([C@@H](C)c2ccccc2)CC3)cc1. The van der Waals surface area contributed by atoms with Gasteiger partial charge in [-0.2, -0.15) is 0 Å². The quantitative estimate of drug-likeness (QED) is 0.419. The molecule has 0 spiro atoms. The Morgan fingerprint density at radius 1 is 1.19 bits per heavy atom. The molecule has 1 aliphatic heterocycles. The van der Waals surface area contributed by atoms with Crippen LogP contribution in [0, 0.1) is 0 Å². The molecular formula is C25H28N4O2S. The second-order valence-electron chi connectivity index (χ2n) is 7.99. The summed E-state index contributed by atoms with van der Waals surface area (Å²) in [5.41, 5.74) is 4.69. The number of aromatic amines is 1. The number of aryl methyl sites for hydroxylation is 1.